The molecule has 0 amide bonds. The summed E-state index contributed by atoms with van der Waals surface area (Å²) in [5.41, 5.74) is 7.45. The molecule has 1 aromatic carbocycles. The van der Waals surface area contributed by atoms with Crippen molar-refractivity contribution in [2.24, 2.45) is 11.7 Å². The van der Waals surface area contributed by atoms with E-state index in [2.05, 4.69) is 19.1 Å². The fourth-order valence-corrected chi connectivity index (χ4v) is 2.08. The Balaban J connectivity index is 1.95. The van der Waals surface area contributed by atoms with E-state index in [1.54, 1.807) is 0 Å². The number of nitrogens with two attached hydrogens (primary N) is 1. The molecule has 1 atom stereocenters. The number of hydrogen-bond acceptors (Lipinski definition) is 2. The Morgan fingerprint density at radius 1 is 1.31 bits per heavy atom. The third kappa shape index (κ3) is 2.56. The van der Waals surface area contributed by atoms with E-state index in [1.807, 2.05) is 12.1 Å². The minimum absolute atomic E-state index is 0.217. The first-order chi connectivity index (χ1) is 7.81. The van der Waals surface area contributed by atoms with E-state index < -0.39 is 0 Å². The Bertz CT molecular complexity index is 316. The lowest BCUT2D eigenvalue weighted by Crippen LogP contribution is -2.26. The summed E-state index contributed by atoms with van der Waals surface area (Å²) in [5.74, 6) is 1.65. The van der Waals surface area contributed by atoms with Gasteiger partial charge < -0.3 is 10.5 Å². The van der Waals surface area contributed by atoms with Crippen LogP contribution in [0, 0.1) is 5.92 Å². The van der Waals surface area contributed by atoms with E-state index in [9.17, 15) is 0 Å². The maximum atomic E-state index is 6.21. The molecule has 2 nitrogen and oxygen atoms in total. The molecule has 1 aliphatic rings. The molecule has 0 spiro atoms. The van der Waals surface area contributed by atoms with Gasteiger partial charge in [-0.05, 0) is 42.9 Å². The first-order valence-corrected chi connectivity index (χ1v) is 6.29. The SMILES string of the molecule is CCCOc1ccc(C(N)C2CCC2)cc1. The van der Waals surface area contributed by atoms with Gasteiger partial charge in [-0.3, -0.25) is 0 Å². The van der Waals surface area contributed by atoms with Gasteiger partial charge in [0.1, 0.15) is 5.75 Å². The zero-order valence-corrected chi connectivity index (χ0v) is 9.99. The lowest BCUT2D eigenvalue weighted by Gasteiger charge is -2.31. The van der Waals surface area contributed by atoms with Crippen LogP contribution in [0.1, 0.15) is 44.2 Å². The molecule has 2 heteroatoms. The van der Waals surface area contributed by atoms with E-state index in [1.165, 1.54) is 24.8 Å². The maximum absolute atomic E-state index is 6.21. The fourth-order valence-electron chi connectivity index (χ4n) is 2.08. The molecule has 0 saturated heterocycles. The van der Waals surface area contributed by atoms with Crippen LogP contribution in [0.3, 0.4) is 0 Å². The van der Waals surface area contributed by atoms with E-state index >= 15 is 0 Å². The van der Waals surface area contributed by atoms with Gasteiger partial charge in [0.2, 0.25) is 0 Å². The molecule has 16 heavy (non-hydrogen) atoms. The lowest BCUT2D eigenvalue weighted by atomic mass is 9.78. The smallest absolute Gasteiger partial charge is 0.119 e. The van der Waals surface area contributed by atoms with E-state index in [4.69, 9.17) is 10.5 Å². The van der Waals surface area contributed by atoms with Crippen molar-refractivity contribution in [2.75, 3.05) is 6.61 Å². The average molecular weight is 219 g/mol. The molecule has 2 rings (SSSR count). The van der Waals surface area contributed by atoms with Crippen LogP contribution in [0.5, 0.6) is 5.75 Å². The molecule has 0 aromatic heterocycles. The average Bonchev–Trinajstić information content (AvgIpc) is 2.24. The second-order valence-corrected chi connectivity index (χ2v) is 4.63. The van der Waals surface area contributed by atoms with Gasteiger partial charge in [-0.25, -0.2) is 0 Å². The molecule has 0 heterocycles. The molecule has 1 aliphatic carbocycles. The summed E-state index contributed by atoms with van der Waals surface area (Å²) in [6.07, 6.45) is 4.96. The highest BCUT2D eigenvalue weighted by Crippen LogP contribution is 2.36. The molecular formula is C14H21NO. The summed E-state index contributed by atoms with van der Waals surface area (Å²) < 4.78 is 5.55. The van der Waals surface area contributed by atoms with Crippen LogP contribution in [-0.4, -0.2) is 6.61 Å². The van der Waals surface area contributed by atoms with E-state index in [0.29, 0.717) is 5.92 Å². The van der Waals surface area contributed by atoms with Crippen molar-refractivity contribution in [3.05, 3.63) is 29.8 Å². The Hall–Kier alpha value is -1.02. The van der Waals surface area contributed by atoms with Crippen LogP contribution in [-0.2, 0) is 0 Å². The maximum Gasteiger partial charge on any atom is 0.119 e. The molecule has 0 radical (unpaired) electrons. The Morgan fingerprint density at radius 3 is 2.50 bits per heavy atom. The van der Waals surface area contributed by atoms with Crippen LogP contribution in [0.2, 0.25) is 0 Å². The summed E-state index contributed by atoms with van der Waals surface area (Å²) in [5, 5.41) is 0. The van der Waals surface area contributed by atoms with Crippen LogP contribution < -0.4 is 10.5 Å². The second-order valence-electron chi connectivity index (χ2n) is 4.63. The summed E-state index contributed by atoms with van der Waals surface area (Å²) in [6, 6.07) is 8.49. The number of ether oxygens (including phenoxy) is 1. The molecular weight excluding hydrogens is 198 g/mol. The minimum atomic E-state index is 0.217. The minimum Gasteiger partial charge on any atom is -0.494 e. The lowest BCUT2D eigenvalue weighted by molar-refractivity contribution is 0.264. The number of hydrogen-bond donors (Lipinski definition) is 1. The van der Waals surface area contributed by atoms with Gasteiger partial charge in [0, 0.05) is 6.04 Å². The fraction of sp³-hybridized carbons (Fsp3) is 0.571. The highest BCUT2D eigenvalue weighted by atomic mass is 16.5. The summed E-state index contributed by atoms with van der Waals surface area (Å²) >= 11 is 0. The van der Waals surface area contributed by atoms with Gasteiger partial charge in [0.05, 0.1) is 6.61 Å². The summed E-state index contributed by atoms with van der Waals surface area (Å²) in [4.78, 5) is 0. The Morgan fingerprint density at radius 2 is 2.00 bits per heavy atom. The normalized spacial score (nSPS) is 17.9. The zero-order chi connectivity index (χ0) is 11.4. The van der Waals surface area contributed by atoms with Crippen molar-refractivity contribution in [3.8, 4) is 5.75 Å². The first-order valence-electron chi connectivity index (χ1n) is 6.29. The van der Waals surface area contributed by atoms with Crippen molar-refractivity contribution in [2.45, 2.75) is 38.6 Å². The van der Waals surface area contributed by atoms with Crippen molar-refractivity contribution >= 4 is 0 Å². The topological polar surface area (TPSA) is 35.2 Å². The molecule has 1 unspecified atom stereocenters. The second kappa shape index (κ2) is 5.35. The molecule has 0 bridgehead atoms. The molecule has 1 fully saturated rings. The van der Waals surface area contributed by atoms with Gasteiger partial charge >= 0.3 is 0 Å². The van der Waals surface area contributed by atoms with Crippen molar-refractivity contribution in [1.82, 2.24) is 0 Å². The van der Waals surface area contributed by atoms with Crippen LogP contribution in [0.25, 0.3) is 0 Å². The number of benzene rings is 1. The zero-order valence-electron chi connectivity index (χ0n) is 9.99. The number of rotatable bonds is 5. The predicted molar refractivity (Wildman–Crippen MR) is 66.5 cm³/mol. The quantitative estimate of drug-likeness (QED) is 0.824. The monoisotopic (exact) mass is 219 g/mol. The van der Waals surface area contributed by atoms with Crippen molar-refractivity contribution < 1.29 is 4.74 Å². The summed E-state index contributed by atoms with van der Waals surface area (Å²) in [6.45, 7) is 2.90. The third-order valence-corrected chi connectivity index (χ3v) is 3.40. The Labute approximate surface area is 97.8 Å². The van der Waals surface area contributed by atoms with Crippen molar-refractivity contribution in [1.29, 1.82) is 0 Å². The van der Waals surface area contributed by atoms with Crippen LogP contribution >= 0.6 is 0 Å². The van der Waals surface area contributed by atoms with Crippen LogP contribution in [0.15, 0.2) is 24.3 Å². The van der Waals surface area contributed by atoms with Gasteiger partial charge in [0.25, 0.3) is 0 Å². The van der Waals surface area contributed by atoms with Crippen LogP contribution in [0.4, 0.5) is 0 Å². The molecule has 88 valence electrons. The molecule has 0 aliphatic heterocycles. The third-order valence-electron chi connectivity index (χ3n) is 3.40. The van der Waals surface area contributed by atoms with Gasteiger partial charge in [-0.2, -0.15) is 0 Å². The standard InChI is InChI=1S/C14H21NO/c1-2-10-16-13-8-6-12(7-9-13)14(15)11-4-3-5-11/h6-9,11,14H,2-5,10,15H2,1H3. The van der Waals surface area contributed by atoms with Crippen molar-refractivity contribution in [3.63, 3.8) is 0 Å². The predicted octanol–water partition coefficient (Wildman–Crippen LogP) is 3.28. The van der Waals surface area contributed by atoms with E-state index in [-0.39, 0.29) is 6.04 Å². The largest absolute Gasteiger partial charge is 0.494 e. The molecule has 2 N–H and O–H groups in total. The Kier molecular flexibility index (Phi) is 3.83. The van der Waals surface area contributed by atoms with Gasteiger partial charge in [-0.1, -0.05) is 25.5 Å². The molecule has 1 aromatic rings. The highest BCUT2D eigenvalue weighted by molar-refractivity contribution is 5.29. The van der Waals surface area contributed by atoms with Gasteiger partial charge in [0.15, 0.2) is 0 Å². The first kappa shape index (κ1) is 11.5. The van der Waals surface area contributed by atoms with E-state index in [0.717, 1.165) is 18.8 Å². The summed E-state index contributed by atoms with van der Waals surface area (Å²) in [7, 11) is 0. The molecule has 1 saturated carbocycles. The highest BCUT2D eigenvalue weighted by Gasteiger charge is 2.25. The van der Waals surface area contributed by atoms with Gasteiger partial charge in [-0.15, -0.1) is 0 Å².